The lowest BCUT2D eigenvalue weighted by Crippen LogP contribution is -2.58. The molecule has 1 saturated carbocycles. The lowest BCUT2D eigenvalue weighted by Gasteiger charge is -2.50. The van der Waals surface area contributed by atoms with E-state index >= 15 is 0 Å². The minimum Gasteiger partial charge on any atom is -0.296 e. The van der Waals surface area contributed by atoms with Crippen molar-refractivity contribution in [1.29, 1.82) is 0 Å². The van der Waals surface area contributed by atoms with E-state index in [0.29, 0.717) is 6.42 Å². The number of Topliss-reactive ketones (excluding diaryl/α,β-unsaturated/α-hetero) is 1. The van der Waals surface area contributed by atoms with E-state index in [-0.39, 0.29) is 5.78 Å². The summed E-state index contributed by atoms with van der Waals surface area (Å²) in [7, 11) is 0. The number of rotatable bonds is 3. The molecule has 0 amide bonds. The highest BCUT2D eigenvalue weighted by Crippen LogP contribution is 2.63. The summed E-state index contributed by atoms with van der Waals surface area (Å²) >= 11 is 14.3. The van der Waals surface area contributed by atoms with Gasteiger partial charge in [0.25, 0.3) is 0 Å². The van der Waals surface area contributed by atoms with Gasteiger partial charge in [0.15, 0.2) is 10.1 Å². The summed E-state index contributed by atoms with van der Waals surface area (Å²) < 4.78 is -2.00. The molecule has 0 aromatic heterocycles. The number of hydrogen-bond donors (Lipinski definition) is 0. The molecular weight excluding hydrogens is 311 g/mol. The number of carbonyl (C=O) groups is 1. The Hall–Kier alpha value is -0.960. The molecule has 102 valence electrons. The van der Waals surface area contributed by atoms with Gasteiger partial charge in [0, 0.05) is 11.3 Å². The average Bonchev–Trinajstić information content (AvgIpc) is 2.48. The Labute approximate surface area is 132 Å². The lowest BCUT2D eigenvalue weighted by atomic mass is 9.76. The maximum atomic E-state index is 11.9. The predicted molar refractivity (Wildman–Crippen MR) is 84.5 cm³/mol. The molecule has 1 atom stereocenters. The maximum absolute atomic E-state index is 11.9. The molecule has 0 spiro atoms. The molecule has 0 N–H and O–H groups in total. The Morgan fingerprint density at radius 1 is 0.900 bits per heavy atom. The van der Waals surface area contributed by atoms with Crippen LogP contribution in [0.5, 0.6) is 0 Å². The molecule has 1 nitrogen and oxygen atoms in total. The largest absolute Gasteiger partial charge is 0.296 e. The number of alkyl halides is 2. The Balaban J connectivity index is 2.05. The summed E-state index contributed by atoms with van der Waals surface area (Å²) in [6.45, 7) is 0. The summed E-state index contributed by atoms with van der Waals surface area (Å²) in [5.41, 5.74) is 0.985. The molecule has 1 unspecified atom stereocenters. The molecule has 0 radical (unpaired) electrons. The highest BCUT2D eigenvalue weighted by molar-refractivity contribution is 8.00. The van der Waals surface area contributed by atoms with Crippen LogP contribution in [0.2, 0.25) is 0 Å². The molecule has 4 heteroatoms. The van der Waals surface area contributed by atoms with Crippen LogP contribution in [0.25, 0.3) is 0 Å². The lowest BCUT2D eigenvalue weighted by molar-refractivity contribution is -0.126. The van der Waals surface area contributed by atoms with Crippen molar-refractivity contribution in [2.75, 3.05) is 0 Å². The molecule has 1 aliphatic rings. The van der Waals surface area contributed by atoms with E-state index in [9.17, 15) is 4.79 Å². The van der Waals surface area contributed by atoms with Crippen LogP contribution < -0.4 is 0 Å². The normalized spacial score (nSPS) is 24.2. The van der Waals surface area contributed by atoms with Gasteiger partial charge < -0.3 is 0 Å². The average molecular weight is 323 g/mol. The van der Waals surface area contributed by atoms with E-state index in [0.717, 1.165) is 10.5 Å². The summed E-state index contributed by atoms with van der Waals surface area (Å²) in [6, 6.07) is 19.7. The molecule has 20 heavy (non-hydrogen) atoms. The van der Waals surface area contributed by atoms with Crippen LogP contribution in [-0.4, -0.2) is 10.1 Å². The van der Waals surface area contributed by atoms with Crippen molar-refractivity contribution in [1.82, 2.24) is 0 Å². The molecule has 0 saturated heterocycles. The van der Waals surface area contributed by atoms with Gasteiger partial charge in [-0.05, 0) is 17.7 Å². The molecule has 2 aromatic rings. The van der Waals surface area contributed by atoms with Crippen LogP contribution in [0.3, 0.4) is 0 Å². The Bertz CT molecular complexity index is 627. The van der Waals surface area contributed by atoms with Gasteiger partial charge >= 0.3 is 0 Å². The second kappa shape index (κ2) is 5.10. The van der Waals surface area contributed by atoms with E-state index in [1.54, 1.807) is 11.8 Å². The number of benzene rings is 2. The zero-order valence-electron chi connectivity index (χ0n) is 10.6. The molecule has 2 aromatic carbocycles. The number of hydrogen-bond acceptors (Lipinski definition) is 2. The fraction of sp³-hybridized carbons (Fsp3) is 0.188. The van der Waals surface area contributed by atoms with Crippen LogP contribution in [0.4, 0.5) is 0 Å². The summed E-state index contributed by atoms with van der Waals surface area (Å²) in [5.74, 6) is -0.117. The minimum atomic E-state index is -1.38. The quantitative estimate of drug-likeness (QED) is 0.753. The van der Waals surface area contributed by atoms with Gasteiger partial charge in [0.05, 0.1) is 4.75 Å². The highest BCUT2D eigenvalue weighted by Gasteiger charge is 2.66. The van der Waals surface area contributed by atoms with E-state index in [1.165, 1.54) is 0 Å². The first-order valence-corrected chi connectivity index (χ1v) is 7.84. The van der Waals surface area contributed by atoms with Crippen molar-refractivity contribution in [3.05, 3.63) is 66.2 Å². The first-order valence-electron chi connectivity index (χ1n) is 6.27. The van der Waals surface area contributed by atoms with Crippen molar-refractivity contribution >= 4 is 40.7 Å². The van der Waals surface area contributed by atoms with Gasteiger partial charge in [0.1, 0.15) is 0 Å². The molecule has 0 bridgehead atoms. The van der Waals surface area contributed by atoms with Crippen molar-refractivity contribution in [2.45, 2.75) is 20.4 Å². The van der Waals surface area contributed by atoms with Crippen LogP contribution in [-0.2, 0) is 9.54 Å². The van der Waals surface area contributed by atoms with Gasteiger partial charge in [0.2, 0.25) is 0 Å². The Morgan fingerprint density at radius 2 is 1.45 bits per heavy atom. The maximum Gasteiger partial charge on any atom is 0.195 e. The summed E-state index contributed by atoms with van der Waals surface area (Å²) in [4.78, 5) is 12.9. The minimum absolute atomic E-state index is 0.117. The molecule has 0 heterocycles. The van der Waals surface area contributed by atoms with Gasteiger partial charge in [-0.15, -0.1) is 11.8 Å². The first-order chi connectivity index (χ1) is 9.56. The standard InChI is InChI=1S/C16H12Cl2OS/c17-16(18)14(19)11-15(16,12-7-3-1-4-8-12)20-13-9-5-2-6-10-13/h1-10H,11H2. The van der Waals surface area contributed by atoms with Gasteiger partial charge in [-0.1, -0.05) is 71.7 Å². The smallest absolute Gasteiger partial charge is 0.195 e. The first kappa shape index (κ1) is 14.0. The second-order valence-corrected chi connectivity index (χ2v) is 7.48. The van der Waals surface area contributed by atoms with E-state index in [4.69, 9.17) is 23.2 Å². The van der Waals surface area contributed by atoms with Crippen molar-refractivity contribution < 1.29 is 4.79 Å². The fourth-order valence-electron chi connectivity index (χ4n) is 2.41. The molecule has 3 rings (SSSR count). The Kier molecular flexibility index (Phi) is 3.57. The van der Waals surface area contributed by atoms with Crippen LogP contribution in [0.15, 0.2) is 65.6 Å². The molecular formula is C16H12Cl2OS. The Morgan fingerprint density at radius 3 is 1.95 bits per heavy atom. The monoisotopic (exact) mass is 322 g/mol. The number of carbonyl (C=O) groups excluding carboxylic acids is 1. The third-order valence-corrected chi connectivity index (χ3v) is 6.38. The molecule has 1 fully saturated rings. The van der Waals surface area contributed by atoms with Gasteiger partial charge in [-0.2, -0.15) is 0 Å². The number of thioether (sulfide) groups is 1. The SMILES string of the molecule is O=C1CC(Sc2ccccc2)(c2ccccc2)C1(Cl)Cl. The van der Waals surface area contributed by atoms with E-state index in [1.807, 2.05) is 60.7 Å². The van der Waals surface area contributed by atoms with Gasteiger partial charge in [-0.25, -0.2) is 0 Å². The van der Waals surface area contributed by atoms with Crippen molar-refractivity contribution in [3.63, 3.8) is 0 Å². The van der Waals surface area contributed by atoms with E-state index < -0.39 is 9.08 Å². The van der Waals surface area contributed by atoms with Crippen LogP contribution >= 0.6 is 35.0 Å². The fourth-order valence-corrected chi connectivity index (χ4v) is 4.52. The van der Waals surface area contributed by atoms with Crippen LogP contribution in [0, 0.1) is 0 Å². The third kappa shape index (κ3) is 2.07. The number of ketones is 1. The number of halogens is 2. The van der Waals surface area contributed by atoms with Crippen LogP contribution in [0.1, 0.15) is 12.0 Å². The second-order valence-electron chi connectivity index (χ2n) is 4.78. The predicted octanol–water partition coefficient (Wildman–Crippen LogP) is 4.82. The van der Waals surface area contributed by atoms with Crippen molar-refractivity contribution in [2.24, 2.45) is 0 Å². The third-order valence-electron chi connectivity index (χ3n) is 3.54. The summed E-state index contributed by atoms with van der Waals surface area (Å²) in [5, 5.41) is 0. The van der Waals surface area contributed by atoms with Crippen molar-refractivity contribution in [3.8, 4) is 0 Å². The molecule has 1 aliphatic carbocycles. The topological polar surface area (TPSA) is 17.1 Å². The zero-order valence-corrected chi connectivity index (χ0v) is 12.9. The highest BCUT2D eigenvalue weighted by atomic mass is 35.5. The summed E-state index contributed by atoms with van der Waals surface area (Å²) in [6.07, 6.45) is 0.351. The van der Waals surface area contributed by atoms with E-state index in [2.05, 4.69) is 0 Å². The molecule has 0 aliphatic heterocycles. The zero-order chi connectivity index (χ0) is 14.2. The van der Waals surface area contributed by atoms with Gasteiger partial charge in [-0.3, -0.25) is 4.79 Å².